The quantitative estimate of drug-likeness (QED) is 0.598. The summed E-state index contributed by atoms with van der Waals surface area (Å²) in [6, 6.07) is 11.4. The monoisotopic (exact) mass is 460 g/mol. The highest BCUT2D eigenvalue weighted by Crippen LogP contribution is 2.28. The number of anilines is 2. The first kappa shape index (κ1) is 23.9. The zero-order valence-electron chi connectivity index (χ0n) is 18.9. The maximum atomic E-state index is 13.3. The second kappa shape index (κ2) is 10.7. The summed E-state index contributed by atoms with van der Waals surface area (Å²) in [5, 5.41) is 3.31. The van der Waals surface area contributed by atoms with Gasteiger partial charge in [-0.05, 0) is 36.8 Å². The van der Waals surface area contributed by atoms with Gasteiger partial charge in [-0.2, -0.15) is 0 Å². The van der Waals surface area contributed by atoms with Gasteiger partial charge in [-0.1, -0.05) is 19.4 Å². The number of hydrogen-bond acceptors (Lipinski definition) is 6. The van der Waals surface area contributed by atoms with Gasteiger partial charge in [-0.15, -0.1) is 0 Å². The van der Waals surface area contributed by atoms with Crippen molar-refractivity contribution in [3.05, 3.63) is 48.0 Å². The van der Waals surface area contributed by atoms with Crippen LogP contribution in [0.4, 0.5) is 11.4 Å². The summed E-state index contributed by atoms with van der Waals surface area (Å²) in [5.74, 6) is 0.338. The van der Waals surface area contributed by atoms with E-state index in [0.717, 1.165) is 44.7 Å². The molecule has 0 unspecified atom stereocenters. The van der Waals surface area contributed by atoms with Crippen LogP contribution in [0.25, 0.3) is 0 Å². The molecular formula is C23H32N4O4S. The number of unbranched alkanes of at least 4 members (excludes halogenated alkanes) is 1. The molecule has 2 N–H and O–H groups in total. The summed E-state index contributed by atoms with van der Waals surface area (Å²) in [7, 11) is -0.568. The Kier molecular flexibility index (Phi) is 7.98. The lowest BCUT2D eigenvalue weighted by molar-refractivity contribution is 0.0794. The van der Waals surface area contributed by atoms with Gasteiger partial charge in [-0.3, -0.25) is 9.52 Å². The molecule has 9 heteroatoms. The third-order valence-corrected chi connectivity index (χ3v) is 6.86. The molecule has 1 aliphatic heterocycles. The van der Waals surface area contributed by atoms with Gasteiger partial charge in [0.1, 0.15) is 5.75 Å². The highest BCUT2D eigenvalue weighted by atomic mass is 32.2. The molecule has 32 heavy (non-hydrogen) atoms. The van der Waals surface area contributed by atoms with E-state index >= 15 is 0 Å². The average Bonchev–Trinajstić information content (AvgIpc) is 2.82. The zero-order valence-corrected chi connectivity index (χ0v) is 19.7. The van der Waals surface area contributed by atoms with Crippen LogP contribution in [-0.4, -0.2) is 66.1 Å². The minimum absolute atomic E-state index is 0.0935. The van der Waals surface area contributed by atoms with Gasteiger partial charge in [0.25, 0.3) is 15.9 Å². The van der Waals surface area contributed by atoms with Crippen molar-refractivity contribution in [3.8, 4) is 5.75 Å². The molecule has 0 aliphatic carbocycles. The van der Waals surface area contributed by atoms with Gasteiger partial charge in [0.05, 0.1) is 17.6 Å². The molecule has 174 valence electrons. The molecule has 0 aromatic heterocycles. The number of hydrogen-bond donors (Lipinski definition) is 2. The largest absolute Gasteiger partial charge is 0.497 e. The van der Waals surface area contributed by atoms with Gasteiger partial charge in [0.2, 0.25) is 0 Å². The van der Waals surface area contributed by atoms with E-state index in [-0.39, 0.29) is 10.8 Å². The molecule has 1 amide bonds. The summed E-state index contributed by atoms with van der Waals surface area (Å²) in [6.45, 7) is 5.98. The van der Waals surface area contributed by atoms with E-state index in [1.165, 1.54) is 19.2 Å². The Labute approximate surface area is 190 Å². The van der Waals surface area contributed by atoms with E-state index in [4.69, 9.17) is 4.74 Å². The number of carbonyl (C=O) groups excluding carboxylic acids is 1. The van der Waals surface area contributed by atoms with Crippen molar-refractivity contribution in [1.82, 2.24) is 10.2 Å². The van der Waals surface area contributed by atoms with Crippen molar-refractivity contribution in [3.63, 3.8) is 0 Å². The van der Waals surface area contributed by atoms with Crippen LogP contribution >= 0.6 is 0 Å². The number of amides is 1. The summed E-state index contributed by atoms with van der Waals surface area (Å²) in [5.41, 5.74) is 1.67. The Balaban J connectivity index is 1.93. The van der Waals surface area contributed by atoms with Crippen LogP contribution in [0.1, 0.15) is 30.1 Å². The molecule has 0 radical (unpaired) electrons. The van der Waals surface area contributed by atoms with Crippen LogP contribution in [0.5, 0.6) is 5.75 Å². The Morgan fingerprint density at radius 3 is 2.62 bits per heavy atom. The summed E-state index contributed by atoms with van der Waals surface area (Å²) < 4.78 is 33.6. The maximum absolute atomic E-state index is 13.3. The number of piperazine rings is 1. The first-order valence-corrected chi connectivity index (χ1v) is 12.4. The summed E-state index contributed by atoms with van der Waals surface area (Å²) in [6.07, 6.45) is 1.90. The highest BCUT2D eigenvalue weighted by Gasteiger charge is 2.23. The van der Waals surface area contributed by atoms with Gasteiger partial charge in [0.15, 0.2) is 0 Å². The van der Waals surface area contributed by atoms with E-state index in [1.54, 1.807) is 36.2 Å². The SMILES string of the molecule is CCCCN(C)C(=O)c1cc(NS(=O)(=O)c2cccc(OC)c2)ccc1N1CCNCC1. The number of benzene rings is 2. The molecule has 1 heterocycles. The highest BCUT2D eigenvalue weighted by molar-refractivity contribution is 7.92. The fourth-order valence-corrected chi connectivity index (χ4v) is 4.72. The molecule has 1 fully saturated rings. The first-order chi connectivity index (χ1) is 15.4. The first-order valence-electron chi connectivity index (χ1n) is 10.9. The lowest BCUT2D eigenvalue weighted by Crippen LogP contribution is -2.44. The Bertz CT molecular complexity index is 1040. The van der Waals surface area contributed by atoms with E-state index < -0.39 is 10.0 Å². The number of sulfonamides is 1. The van der Waals surface area contributed by atoms with Crippen LogP contribution in [-0.2, 0) is 10.0 Å². The summed E-state index contributed by atoms with van der Waals surface area (Å²) >= 11 is 0. The van der Waals surface area contributed by atoms with Crippen molar-refractivity contribution in [2.24, 2.45) is 0 Å². The van der Waals surface area contributed by atoms with Crippen LogP contribution in [0, 0.1) is 0 Å². The normalized spacial score (nSPS) is 14.2. The van der Waals surface area contributed by atoms with Crippen LogP contribution < -0.4 is 19.7 Å². The van der Waals surface area contributed by atoms with Crippen LogP contribution in [0.3, 0.4) is 0 Å². The molecule has 1 saturated heterocycles. The molecular weight excluding hydrogens is 428 g/mol. The fourth-order valence-electron chi connectivity index (χ4n) is 3.64. The molecule has 1 aliphatic rings. The van der Waals surface area contributed by atoms with Gasteiger partial charge in [0, 0.05) is 57.2 Å². The van der Waals surface area contributed by atoms with Crippen molar-refractivity contribution < 1.29 is 17.9 Å². The average molecular weight is 461 g/mol. The predicted octanol–water partition coefficient (Wildman–Crippen LogP) is 2.78. The number of carbonyl (C=O) groups is 1. The third kappa shape index (κ3) is 5.72. The summed E-state index contributed by atoms with van der Waals surface area (Å²) in [4.78, 5) is 17.2. The van der Waals surface area contributed by atoms with Crippen molar-refractivity contribution in [1.29, 1.82) is 0 Å². The second-order valence-corrected chi connectivity index (χ2v) is 9.52. The lowest BCUT2D eigenvalue weighted by Gasteiger charge is -2.32. The Morgan fingerprint density at radius 1 is 1.19 bits per heavy atom. The molecule has 3 rings (SSSR count). The maximum Gasteiger partial charge on any atom is 0.262 e. The topological polar surface area (TPSA) is 91.0 Å². The molecule has 8 nitrogen and oxygen atoms in total. The number of methoxy groups -OCH3 is 1. The van der Waals surface area contributed by atoms with Crippen molar-refractivity contribution in [2.45, 2.75) is 24.7 Å². The fraction of sp³-hybridized carbons (Fsp3) is 0.435. The molecule has 0 spiro atoms. The lowest BCUT2D eigenvalue weighted by atomic mass is 10.1. The zero-order chi connectivity index (χ0) is 23.1. The van der Waals surface area contributed by atoms with Crippen molar-refractivity contribution in [2.75, 3.05) is 56.5 Å². The second-order valence-electron chi connectivity index (χ2n) is 7.83. The molecule has 0 saturated carbocycles. The molecule has 2 aromatic rings. The van der Waals surface area contributed by atoms with Crippen LogP contribution in [0.2, 0.25) is 0 Å². The number of rotatable bonds is 9. The predicted molar refractivity (Wildman–Crippen MR) is 127 cm³/mol. The van der Waals surface area contributed by atoms with Crippen molar-refractivity contribution >= 4 is 27.3 Å². The molecule has 2 aromatic carbocycles. The third-order valence-electron chi connectivity index (χ3n) is 5.48. The van der Waals surface area contributed by atoms with Gasteiger partial charge < -0.3 is 19.9 Å². The van der Waals surface area contributed by atoms with Gasteiger partial charge in [-0.25, -0.2) is 8.42 Å². The van der Waals surface area contributed by atoms with E-state index in [0.29, 0.717) is 23.5 Å². The standard InChI is InChI=1S/C23H32N4O4S/c1-4-5-13-26(2)23(28)21-16-18(9-10-22(21)27-14-11-24-12-15-27)25-32(29,30)20-8-6-7-19(17-20)31-3/h6-10,16-17,24-25H,4-5,11-15H2,1-3H3. The minimum atomic E-state index is -3.84. The number of nitrogens with zero attached hydrogens (tertiary/aromatic N) is 2. The Morgan fingerprint density at radius 2 is 1.94 bits per heavy atom. The molecule has 0 bridgehead atoms. The van der Waals surface area contributed by atoms with E-state index in [9.17, 15) is 13.2 Å². The van der Waals surface area contributed by atoms with E-state index in [1.807, 2.05) is 6.07 Å². The van der Waals surface area contributed by atoms with E-state index in [2.05, 4.69) is 21.9 Å². The molecule has 0 atom stereocenters. The number of nitrogens with one attached hydrogen (secondary N) is 2. The Hall–Kier alpha value is -2.78. The number of ether oxygens (including phenoxy) is 1. The minimum Gasteiger partial charge on any atom is -0.497 e. The smallest absolute Gasteiger partial charge is 0.262 e. The van der Waals surface area contributed by atoms with Gasteiger partial charge >= 0.3 is 0 Å². The van der Waals surface area contributed by atoms with Crippen LogP contribution in [0.15, 0.2) is 47.4 Å².